The van der Waals surface area contributed by atoms with E-state index in [0.717, 1.165) is 24.9 Å². The van der Waals surface area contributed by atoms with Gasteiger partial charge in [0, 0.05) is 18.2 Å². The number of carboxylic acids is 1. The number of nitrogens with zero attached hydrogens (tertiary/aromatic N) is 1. The van der Waals surface area contributed by atoms with E-state index < -0.39 is 5.97 Å². The van der Waals surface area contributed by atoms with E-state index in [1.165, 1.54) is 11.3 Å². The molecule has 0 radical (unpaired) electrons. The average Bonchev–Trinajstić information content (AvgIpc) is 2.67. The fraction of sp³-hybridized carbons (Fsp3) is 0.583. The van der Waals surface area contributed by atoms with Crippen LogP contribution in [0.2, 0.25) is 8.67 Å². The second kappa shape index (κ2) is 5.78. The van der Waals surface area contributed by atoms with Crippen LogP contribution in [0.15, 0.2) is 6.07 Å². The highest BCUT2D eigenvalue weighted by Crippen LogP contribution is 2.38. The number of aliphatic carboxylic acids is 1. The Kier molecular flexibility index (Phi) is 4.54. The van der Waals surface area contributed by atoms with Crippen LogP contribution in [0.4, 0.5) is 0 Å². The normalized spacial score (nSPS) is 22.9. The first kappa shape index (κ1) is 14.1. The lowest BCUT2D eigenvalue weighted by atomic mass is 9.96. The molecule has 0 saturated carbocycles. The average molecular weight is 308 g/mol. The van der Waals surface area contributed by atoms with E-state index in [1.807, 2.05) is 6.07 Å². The summed E-state index contributed by atoms with van der Waals surface area (Å²) < 4.78 is 1.37. The van der Waals surface area contributed by atoms with Gasteiger partial charge in [0.1, 0.15) is 0 Å². The van der Waals surface area contributed by atoms with Gasteiger partial charge >= 0.3 is 5.97 Å². The number of halogens is 2. The molecule has 18 heavy (non-hydrogen) atoms. The highest BCUT2D eigenvalue weighted by Gasteiger charge is 2.29. The zero-order valence-corrected chi connectivity index (χ0v) is 12.4. The molecule has 1 saturated heterocycles. The summed E-state index contributed by atoms with van der Waals surface area (Å²) >= 11 is 13.5. The van der Waals surface area contributed by atoms with Gasteiger partial charge in [0.25, 0.3) is 0 Å². The number of carbonyl (C=O) groups is 1. The van der Waals surface area contributed by atoms with E-state index in [4.69, 9.17) is 28.3 Å². The molecule has 2 atom stereocenters. The molecule has 2 unspecified atom stereocenters. The predicted octanol–water partition coefficient (Wildman–Crippen LogP) is 3.91. The number of likely N-dealkylation sites (tertiary alicyclic amines) is 1. The summed E-state index contributed by atoms with van der Waals surface area (Å²) in [4.78, 5) is 13.2. The van der Waals surface area contributed by atoms with Crippen LogP contribution in [0.3, 0.4) is 0 Å². The third-order valence-corrected chi connectivity index (χ3v) is 5.00. The number of carboxylic acid groups (broad SMARTS) is 1. The van der Waals surface area contributed by atoms with E-state index in [9.17, 15) is 4.79 Å². The first-order chi connectivity index (χ1) is 8.49. The van der Waals surface area contributed by atoms with Crippen LogP contribution in [0.1, 0.15) is 31.4 Å². The molecule has 0 amide bonds. The molecule has 6 heteroatoms. The molecule has 1 aliphatic rings. The fourth-order valence-electron chi connectivity index (χ4n) is 2.39. The maximum atomic E-state index is 11.1. The maximum absolute atomic E-state index is 11.1. The molecule has 1 fully saturated rings. The maximum Gasteiger partial charge on any atom is 0.307 e. The minimum atomic E-state index is -0.707. The highest BCUT2D eigenvalue weighted by molar-refractivity contribution is 7.20. The molecular formula is C12H15Cl2NO2S. The molecule has 0 bridgehead atoms. The molecule has 0 aliphatic carbocycles. The van der Waals surface area contributed by atoms with Crippen molar-refractivity contribution in [3.05, 3.63) is 20.3 Å². The summed E-state index contributed by atoms with van der Waals surface area (Å²) in [6.45, 7) is 3.55. The zero-order chi connectivity index (χ0) is 13.3. The standard InChI is InChI=1S/C12H15Cl2NO2S/c1-7(9-5-10(13)18-11(9)14)15-4-2-3-8(6-15)12(16)17/h5,7-8H,2-4,6H2,1H3,(H,16,17). The topological polar surface area (TPSA) is 40.5 Å². The molecule has 1 aliphatic heterocycles. The summed E-state index contributed by atoms with van der Waals surface area (Å²) in [6, 6.07) is 1.99. The molecular weight excluding hydrogens is 293 g/mol. The van der Waals surface area contributed by atoms with Gasteiger partial charge in [-0.25, -0.2) is 0 Å². The first-order valence-corrected chi connectivity index (χ1v) is 7.48. The van der Waals surface area contributed by atoms with Gasteiger partial charge in [-0.1, -0.05) is 23.2 Å². The van der Waals surface area contributed by atoms with Gasteiger partial charge in [-0.2, -0.15) is 0 Å². The smallest absolute Gasteiger partial charge is 0.307 e. The van der Waals surface area contributed by atoms with Crippen LogP contribution in [0.25, 0.3) is 0 Å². The zero-order valence-electron chi connectivity index (χ0n) is 10.0. The first-order valence-electron chi connectivity index (χ1n) is 5.90. The van der Waals surface area contributed by atoms with Crippen molar-refractivity contribution >= 4 is 40.5 Å². The van der Waals surface area contributed by atoms with Crippen molar-refractivity contribution in [1.29, 1.82) is 0 Å². The van der Waals surface area contributed by atoms with Gasteiger partial charge in [-0.3, -0.25) is 9.69 Å². The van der Waals surface area contributed by atoms with Crippen LogP contribution >= 0.6 is 34.5 Å². The summed E-state index contributed by atoms with van der Waals surface area (Å²) in [5.41, 5.74) is 0.998. The Labute approximate surface area is 120 Å². The van der Waals surface area contributed by atoms with Crippen LogP contribution in [0.5, 0.6) is 0 Å². The van der Waals surface area contributed by atoms with Gasteiger partial charge in [0.15, 0.2) is 0 Å². The van der Waals surface area contributed by atoms with Crippen molar-refractivity contribution in [1.82, 2.24) is 4.90 Å². The van der Waals surface area contributed by atoms with E-state index in [0.29, 0.717) is 15.2 Å². The van der Waals surface area contributed by atoms with Crippen molar-refractivity contribution in [3.63, 3.8) is 0 Å². The van der Waals surface area contributed by atoms with E-state index >= 15 is 0 Å². The van der Waals surface area contributed by atoms with Crippen molar-refractivity contribution in [2.75, 3.05) is 13.1 Å². The van der Waals surface area contributed by atoms with E-state index in [-0.39, 0.29) is 12.0 Å². The lowest BCUT2D eigenvalue weighted by molar-refractivity contribution is -0.143. The number of thiophene rings is 1. The molecule has 100 valence electrons. The number of hydrogen-bond donors (Lipinski definition) is 1. The van der Waals surface area contributed by atoms with Crippen LogP contribution in [-0.4, -0.2) is 29.1 Å². The summed E-state index contributed by atoms with van der Waals surface area (Å²) in [7, 11) is 0. The summed E-state index contributed by atoms with van der Waals surface area (Å²) in [5.74, 6) is -0.976. The van der Waals surface area contributed by atoms with Gasteiger partial charge in [-0.05, 0) is 32.4 Å². The molecule has 0 spiro atoms. The third-order valence-electron chi connectivity index (χ3n) is 3.48. The highest BCUT2D eigenvalue weighted by atomic mass is 35.5. The second-order valence-electron chi connectivity index (χ2n) is 4.63. The molecule has 2 rings (SSSR count). The van der Waals surface area contributed by atoms with Crippen molar-refractivity contribution < 1.29 is 9.90 Å². The van der Waals surface area contributed by atoms with E-state index in [2.05, 4.69) is 11.8 Å². The number of rotatable bonds is 3. The minimum absolute atomic E-state index is 0.114. The Bertz CT molecular complexity index is 449. The van der Waals surface area contributed by atoms with Gasteiger partial charge in [0.05, 0.1) is 14.6 Å². The quantitative estimate of drug-likeness (QED) is 0.920. The van der Waals surface area contributed by atoms with Crippen molar-refractivity contribution in [2.45, 2.75) is 25.8 Å². The SMILES string of the molecule is CC(c1cc(Cl)sc1Cl)N1CCCC(C(=O)O)C1. The van der Waals surface area contributed by atoms with Gasteiger partial charge in [-0.15, -0.1) is 11.3 Å². The molecule has 1 aromatic heterocycles. The second-order valence-corrected chi connectivity index (χ2v) is 6.91. The fourth-order valence-corrected chi connectivity index (χ4v) is 4.03. The minimum Gasteiger partial charge on any atom is -0.481 e. The summed E-state index contributed by atoms with van der Waals surface area (Å²) in [6.07, 6.45) is 1.67. The van der Waals surface area contributed by atoms with Crippen LogP contribution in [0, 0.1) is 5.92 Å². The van der Waals surface area contributed by atoms with Gasteiger partial charge < -0.3 is 5.11 Å². The molecule has 3 nitrogen and oxygen atoms in total. The van der Waals surface area contributed by atoms with Crippen molar-refractivity contribution in [2.24, 2.45) is 5.92 Å². The molecule has 0 aromatic carbocycles. The molecule has 1 N–H and O–H groups in total. The lowest BCUT2D eigenvalue weighted by Crippen LogP contribution is -2.40. The number of piperidine rings is 1. The van der Waals surface area contributed by atoms with Crippen LogP contribution in [-0.2, 0) is 4.79 Å². The monoisotopic (exact) mass is 307 g/mol. The van der Waals surface area contributed by atoms with E-state index in [1.54, 1.807) is 0 Å². The Morgan fingerprint density at radius 2 is 2.33 bits per heavy atom. The Morgan fingerprint density at radius 1 is 1.61 bits per heavy atom. The molecule has 1 aromatic rings. The Morgan fingerprint density at radius 3 is 2.89 bits per heavy atom. The largest absolute Gasteiger partial charge is 0.481 e. The lowest BCUT2D eigenvalue weighted by Gasteiger charge is -2.35. The Balaban J connectivity index is 2.11. The third kappa shape index (κ3) is 2.99. The van der Waals surface area contributed by atoms with Crippen LogP contribution < -0.4 is 0 Å². The predicted molar refractivity (Wildman–Crippen MR) is 74.7 cm³/mol. The molecule has 2 heterocycles. The number of hydrogen-bond acceptors (Lipinski definition) is 3. The Hall–Kier alpha value is -0.290. The summed E-state index contributed by atoms with van der Waals surface area (Å²) in [5, 5.41) is 9.10. The van der Waals surface area contributed by atoms with Crippen molar-refractivity contribution in [3.8, 4) is 0 Å². The van der Waals surface area contributed by atoms with Gasteiger partial charge in [0.2, 0.25) is 0 Å².